The molecule has 0 radical (unpaired) electrons. The molecule has 0 unspecified atom stereocenters. The summed E-state index contributed by atoms with van der Waals surface area (Å²) in [4.78, 5) is 0. The van der Waals surface area contributed by atoms with Crippen molar-refractivity contribution in [1.82, 2.24) is 0 Å². The predicted octanol–water partition coefficient (Wildman–Crippen LogP) is 7.67. The summed E-state index contributed by atoms with van der Waals surface area (Å²) in [5.41, 5.74) is -15.5. The Balaban J connectivity index is 6.63. The molecule has 0 saturated carbocycles. The Bertz CT molecular complexity index is 690. The van der Waals surface area contributed by atoms with Crippen molar-refractivity contribution in [3.63, 3.8) is 0 Å². The molecule has 0 saturated heterocycles. The maximum absolute atomic E-state index is 14.1. The SMILES string of the molecule is C[C@@](F)(C(F)(F)C(F)(F)C(F)(F)C(F)(F)C(F)(F)CCCCCCO)C(F)(C(F)(F)F)C(F)(F)F. The van der Waals surface area contributed by atoms with Crippen LogP contribution in [0.15, 0.2) is 0 Å². The predicted molar refractivity (Wildman–Crippen MR) is 80.4 cm³/mol. The van der Waals surface area contributed by atoms with Crippen molar-refractivity contribution in [3.8, 4) is 0 Å². The highest BCUT2D eigenvalue weighted by Gasteiger charge is 2.95. The number of aliphatic hydroxyl groups is 1. The van der Waals surface area contributed by atoms with Gasteiger partial charge in [-0.2, -0.15) is 70.2 Å². The molecule has 0 amide bonds. The minimum atomic E-state index is -8.44. The largest absolute Gasteiger partial charge is 0.435 e. The zero-order valence-electron chi connectivity index (χ0n) is 17.0. The highest BCUT2D eigenvalue weighted by molar-refractivity contribution is 5.21. The van der Waals surface area contributed by atoms with Gasteiger partial charge in [0.25, 0.3) is 0 Å². The number of unbranched alkanes of at least 4 members (excludes halogenated alkanes) is 3. The molecule has 1 N–H and O–H groups in total. The maximum Gasteiger partial charge on any atom is 0.435 e. The van der Waals surface area contributed by atoms with Crippen LogP contribution in [-0.4, -0.2) is 65.0 Å². The lowest BCUT2D eigenvalue weighted by Gasteiger charge is -2.47. The van der Waals surface area contributed by atoms with Gasteiger partial charge in [-0.25, -0.2) is 8.78 Å². The molecule has 0 spiro atoms. The van der Waals surface area contributed by atoms with Crippen LogP contribution in [0.25, 0.3) is 0 Å². The summed E-state index contributed by atoms with van der Waals surface area (Å²) in [5.74, 6) is -38.9. The maximum atomic E-state index is 14.1. The van der Waals surface area contributed by atoms with Crippen LogP contribution in [0.3, 0.4) is 0 Å². The van der Waals surface area contributed by atoms with E-state index in [2.05, 4.69) is 0 Å². The number of alkyl halides is 18. The molecule has 19 heteroatoms. The lowest BCUT2D eigenvalue weighted by atomic mass is 9.76. The smallest absolute Gasteiger partial charge is 0.396 e. The Hall–Kier alpha value is -1.30. The van der Waals surface area contributed by atoms with Gasteiger partial charge in [0.1, 0.15) is 0 Å². The van der Waals surface area contributed by atoms with Crippen molar-refractivity contribution in [2.24, 2.45) is 0 Å². The Kier molecular flexibility index (Phi) is 9.18. The fourth-order valence-electron chi connectivity index (χ4n) is 2.80. The number of hydrogen-bond acceptors (Lipinski definition) is 1. The molecular formula is C16H16F18O. The van der Waals surface area contributed by atoms with Gasteiger partial charge in [-0.1, -0.05) is 12.8 Å². The first kappa shape index (κ1) is 33.7. The van der Waals surface area contributed by atoms with E-state index in [1.807, 2.05) is 0 Å². The molecule has 0 aliphatic rings. The van der Waals surface area contributed by atoms with Crippen molar-refractivity contribution >= 4 is 0 Å². The van der Waals surface area contributed by atoms with Crippen LogP contribution in [-0.2, 0) is 0 Å². The van der Waals surface area contributed by atoms with E-state index in [9.17, 15) is 79.0 Å². The van der Waals surface area contributed by atoms with Crippen LogP contribution in [0.5, 0.6) is 0 Å². The van der Waals surface area contributed by atoms with Crippen LogP contribution >= 0.6 is 0 Å². The number of halogens is 18. The summed E-state index contributed by atoms with van der Waals surface area (Å²) in [6, 6.07) is 0. The third kappa shape index (κ3) is 4.98. The zero-order valence-corrected chi connectivity index (χ0v) is 17.0. The Morgan fingerprint density at radius 3 is 1.14 bits per heavy atom. The van der Waals surface area contributed by atoms with Crippen LogP contribution in [0.4, 0.5) is 79.0 Å². The summed E-state index contributed by atoms with van der Waals surface area (Å²) in [6.07, 6.45) is -20.3. The van der Waals surface area contributed by atoms with E-state index in [4.69, 9.17) is 5.11 Å². The third-order valence-corrected chi connectivity index (χ3v) is 5.06. The van der Waals surface area contributed by atoms with Crippen molar-refractivity contribution in [1.29, 1.82) is 0 Å². The molecule has 0 heterocycles. The normalized spacial score (nSPS) is 17.5. The Morgan fingerprint density at radius 2 is 0.800 bits per heavy atom. The second-order valence-corrected chi connectivity index (χ2v) is 7.55. The molecule has 0 aromatic rings. The average Bonchev–Trinajstić information content (AvgIpc) is 2.64. The molecule has 1 atom stereocenters. The fraction of sp³-hybridized carbons (Fsp3) is 1.00. The highest BCUT2D eigenvalue weighted by atomic mass is 19.4. The standard InChI is InChI=1S/C16H16F18O/c1-8(17,10(20,15(29,30)31)16(32,33)34)11(21,22)13(25,26)14(27,28)12(23,24)9(18,19)6-4-2-3-5-7-35/h35H,2-7H2,1H3/t8-/m0/s1. The number of rotatable bonds is 12. The molecule has 0 aromatic heterocycles. The topological polar surface area (TPSA) is 20.2 Å². The number of hydrogen-bond donors (Lipinski definition) is 1. The molecule has 212 valence electrons. The molecule has 35 heavy (non-hydrogen) atoms. The summed E-state index contributed by atoms with van der Waals surface area (Å²) in [6.45, 7) is -2.45. The van der Waals surface area contributed by atoms with Crippen molar-refractivity contribution in [2.75, 3.05) is 6.61 Å². The molecule has 0 fully saturated rings. The van der Waals surface area contributed by atoms with Gasteiger partial charge in [-0.05, 0) is 19.8 Å². The van der Waals surface area contributed by atoms with E-state index in [0.29, 0.717) is 0 Å². The molecule has 0 aliphatic carbocycles. The lowest BCUT2D eigenvalue weighted by Crippen LogP contribution is -2.78. The van der Waals surface area contributed by atoms with Gasteiger partial charge >= 0.3 is 47.6 Å². The van der Waals surface area contributed by atoms with E-state index in [0.717, 1.165) is 0 Å². The van der Waals surface area contributed by atoms with Crippen LogP contribution < -0.4 is 0 Å². The first-order valence-electron chi connectivity index (χ1n) is 9.07. The van der Waals surface area contributed by atoms with Crippen LogP contribution in [0, 0.1) is 0 Å². The fourth-order valence-corrected chi connectivity index (χ4v) is 2.80. The van der Waals surface area contributed by atoms with E-state index in [1.165, 1.54) is 0 Å². The second kappa shape index (κ2) is 9.54. The van der Waals surface area contributed by atoms with Gasteiger partial charge in [0.05, 0.1) is 0 Å². The summed E-state index contributed by atoms with van der Waals surface area (Å²) in [7, 11) is 0. The molecule has 1 nitrogen and oxygen atoms in total. The monoisotopic (exact) mass is 566 g/mol. The number of aliphatic hydroxyl groups excluding tert-OH is 1. The summed E-state index contributed by atoms with van der Waals surface area (Å²) in [5, 5.41) is 8.43. The van der Waals surface area contributed by atoms with Gasteiger partial charge in [0.15, 0.2) is 0 Å². The summed E-state index contributed by atoms with van der Waals surface area (Å²) < 4.78 is 241. The van der Waals surface area contributed by atoms with Gasteiger partial charge in [-0.15, -0.1) is 0 Å². The minimum Gasteiger partial charge on any atom is -0.396 e. The highest BCUT2D eigenvalue weighted by Crippen LogP contribution is 2.65. The first-order chi connectivity index (χ1) is 15.1. The Morgan fingerprint density at radius 1 is 0.457 bits per heavy atom. The van der Waals surface area contributed by atoms with Gasteiger partial charge in [0, 0.05) is 13.0 Å². The van der Waals surface area contributed by atoms with E-state index < -0.39 is 86.1 Å². The van der Waals surface area contributed by atoms with E-state index >= 15 is 0 Å². The quantitative estimate of drug-likeness (QED) is 0.190. The molecular weight excluding hydrogens is 550 g/mol. The van der Waals surface area contributed by atoms with Gasteiger partial charge in [0.2, 0.25) is 5.67 Å². The molecule has 0 bridgehead atoms. The molecule has 0 rings (SSSR count). The molecule has 0 aliphatic heterocycles. The lowest BCUT2D eigenvalue weighted by molar-refractivity contribution is -0.448. The van der Waals surface area contributed by atoms with Crippen LogP contribution in [0.2, 0.25) is 0 Å². The van der Waals surface area contributed by atoms with Gasteiger partial charge < -0.3 is 5.11 Å². The van der Waals surface area contributed by atoms with Crippen LogP contribution in [0.1, 0.15) is 39.0 Å². The summed E-state index contributed by atoms with van der Waals surface area (Å²) >= 11 is 0. The minimum absolute atomic E-state index is 0.124. The molecule has 0 aromatic carbocycles. The Labute approximate surface area is 184 Å². The average molecular weight is 566 g/mol. The van der Waals surface area contributed by atoms with Gasteiger partial charge in [-0.3, -0.25) is 0 Å². The van der Waals surface area contributed by atoms with Crippen molar-refractivity contribution < 1.29 is 84.1 Å². The van der Waals surface area contributed by atoms with E-state index in [-0.39, 0.29) is 12.8 Å². The van der Waals surface area contributed by atoms with Crippen molar-refractivity contribution in [3.05, 3.63) is 0 Å². The second-order valence-electron chi connectivity index (χ2n) is 7.55. The third-order valence-electron chi connectivity index (χ3n) is 5.06. The zero-order chi connectivity index (χ0) is 28.7. The first-order valence-corrected chi connectivity index (χ1v) is 9.07. The van der Waals surface area contributed by atoms with E-state index in [1.54, 1.807) is 0 Å². The van der Waals surface area contributed by atoms with Crippen molar-refractivity contribution in [2.45, 2.75) is 92.3 Å².